The lowest BCUT2D eigenvalue weighted by Gasteiger charge is -2.10. The topological polar surface area (TPSA) is 64.4 Å². The van der Waals surface area contributed by atoms with Gasteiger partial charge in [0.1, 0.15) is 17.3 Å². The lowest BCUT2D eigenvalue weighted by atomic mass is 10.2. The van der Waals surface area contributed by atoms with Crippen molar-refractivity contribution in [3.8, 4) is 5.75 Å². The van der Waals surface area contributed by atoms with Crippen LogP contribution in [0.2, 0.25) is 0 Å². The number of nitrogens with one attached hydrogen (secondary N) is 1. The molecule has 0 amide bonds. The molecule has 0 bridgehead atoms. The van der Waals surface area contributed by atoms with Crippen molar-refractivity contribution >= 4 is 11.4 Å². The zero-order valence-electron chi connectivity index (χ0n) is 11.4. The van der Waals surface area contributed by atoms with E-state index in [9.17, 15) is 27.7 Å². The Morgan fingerprint density at radius 3 is 2.35 bits per heavy atom. The molecule has 0 aromatic heterocycles. The molecule has 0 aliphatic heterocycles. The predicted molar refractivity (Wildman–Crippen MR) is 73.5 cm³/mol. The van der Waals surface area contributed by atoms with E-state index in [0.717, 1.165) is 24.3 Å². The normalized spacial score (nSPS) is 11.1. The average molecular weight is 330 g/mol. The first kappa shape index (κ1) is 16.5. The van der Waals surface area contributed by atoms with Crippen molar-refractivity contribution in [2.45, 2.75) is 12.9 Å². The number of nitrogens with zero attached hydrogens (tertiary/aromatic N) is 1. The van der Waals surface area contributed by atoms with Crippen molar-refractivity contribution in [2.24, 2.45) is 0 Å². The highest BCUT2D eigenvalue weighted by molar-refractivity contribution is 5.61. The second-order valence-corrected chi connectivity index (χ2v) is 4.46. The van der Waals surface area contributed by atoms with Gasteiger partial charge in [-0.1, -0.05) is 12.1 Å². The van der Waals surface area contributed by atoms with Gasteiger partial charge in [-0.05, 0) is 29.8 Å². The largest absolute Gasteiger partial charge is 0.573 e. The highest BCUT2D eigenvalue weighted by Gasteiger charge is 2.30. The van der Waals surface area contributed by atoms with Gasteiger partial charge in [0.05, 0.1) is 11.0 Å². The molecule has 0 unspecified atom stereocenters. The summed E-state index contributed by atoms with van der Waals surface area (Å²) in [5, 5.41) is 13.6. The van der Waals surface area contributed by atoms with E-state index >= 15 is 0 Å². The van der Waals surface area contributed by atoms with Crippen LogP contribution in [0.5, 0.6) is 5.75 Å². The highest BCUT2D eigenvalue weighted by atomic mass is 19.4. The Bertz CT molecular complexity index is 702. The fourth-order valence-corrected chi connectivity index (χ4v) is 1.81. The minimum atomic E-state index is -4.77. The van der Waals surface area contributed by atoms with E-state index in [-0.39, 0.29) is 18.0 Å². The van der Waals surface area contributed by atoms with Gasteiger partial charge < -0.3 is 10.1 Å². The van der Waals surface area contributed by atoms with Gasteiger partial charge in [0.25, 0.3) is 5.69 Å². The lowest BCUT2D eigenvalue weighted by molar-refractivity contribution is -0.384. The summed E-state index contributed by atoms with van der Waals surface area (Å²) in [4.78, 5) is 10.1. The molecule has 0 radical (unpaired) electrons. The van der Waals surface area contributed by atoms with Gasteiger partial charge in [-0.25, -0.2) is 4.39 Å². The van der Waals surface area contributed by atoms with Gasteiger partial charge in [-0.15, -0.1) is 13.2 Å². The first-order valence-electron chi connectivity index (χ1n) is 6.27. The molecule has 2 aromatic rings. The van der Waals surface area contributed by atoms with Crippen molar-refractivity contribution in [3.63, 3.8) is 0 Å². The van der Waals surface area contributed by atoms with Gasteiger partial charge in [-0.2, -0.15) is 0 Å². The number of rotatable bonds is 5. The molecule has 1 N–H and O–H groups in total. The standard InChI is InChI=1S/C14H10F4N2O3/c15-10-3-6-12(13(7-10)20(21)22)19-8-9-1-4-11(5-2-9)23-14(16,17)18/h1-7,19H,8H2. The van der Waals surface area contributed by atoms with E-state index in [1.165, 1.54) is 18.2 Å². The second kappa shape index (κ2) is 6.51. The Balaban J connectivity index is 2.05. The number of anilines is 1. The fraction of sp³-hybridized carbons (Fsp3) is 0.143. The molecule has 0 aliphatic carbocycles. The van der Waals surface area contributed by atoms with Gasteiger partial charge >= 0.3 is 6.36 Å². The number of nitro groups is 1. The molecule has 0 spiro atoms. The molecule has 0 atom stereocenters. The van der Waals surface area contributed by atoms with Crippen molar-refractivity contribution in [1.29, 1.82) is 0 Å². The van der Waals surface area contributed by atoms with Crippen molar-refractivity contribution < 1.29 is 27.2 Å². The van der Waals surface area contributed by atoms with Crippen LogP contribution in [0.1, 0.15) is 5.56 Å². The summed E-state index contributed by atoms with van der Waals surface area (Å²) in [6.45, 7) is 0.110. The number of ether oxygens (including phenoxy) is 1. The quantitative estimate of drug-likeness (QED) is 0.506. The van der Waals surface area contributed by atoms with Gasteiger partial charge in [-0.3, -0.25) is 10.1 Å². The van der Waals surface area contributed by atoms with Gasteiger partial charge in [0.15, 0.2) is 0 Å². The number of alkyl halides is 3. The van der Waals surface area contributed by atoms with E-state index in [0.29, 0.717) is 5.56 Å². The second-order valence-electron chi connectivity index (χ2n) is 4.46. The summed E-state index contributed by atoms with van der Waals surface area (Å²) in [7, 11) is 0. The van der Waals surface area contributed by atoms with Crippen LogP contribution in [0.25, 0.3) is 0 Å². The molecule has 122 valence electrons. The summed E-state index contributed by atoms with van der Waals surface area (Å²) in [6.07, 6.45) is -4.77. The van der Waals surface area contributed by atoms with E-state index < -0.39 is 22.8 Å². The van der Waals surface area contributed by atoms with Crippen LogP contribution < -0.4 is 10.1 Å². The van der Waals surface area contributed by atoms with Crippen molar-refractivity contribution in [2.75, 3.05) is 5.32 Å². The summed E-state index contributed by atoms with van der Waals surface area (Å²) in [6, 6.07) is 8.08. The maximum atomic E-state index is 13.0. The minimum absolute atomic E-state index is 0.104. The number of benzene rings is 2. The minimum Gasteiger partial charge on any atom is -0.406 e. The maximum absolute atomic E-state index is 13.0. The third kappa shape index (κ3) is 4.83. The molecule has 0 heterocycles. The van der Waals surface area contributed by atoms with E-state index in [1.807, 2.05) is 0 Å². The molecule has 2 rings (SSSR count). The third-order valence-electron chi connectivity index (χ3n) is 2.80. The molecule has 2 aromatic carbocycles. The van der Waals surface area contributed by atoms with E-state index in [2.05, 4.69) is 10.1 Å². The van der Waals surface area contributed by atoms with Crippen LogP contribution in [-0.4, -0.2) is 11.3 Å². The molecule has 9 heteroatoms. The summed E-state index contributed by atoms with van der Waals surface area (Å²) < 4.78 is 52.8. The molecular formula is C14H10F4N2O3. The smallest absolute Gasteiger partial charge is 0.406 e. The Hall–Kier alpha value is -2.84. The van der Waals surface area contributed by atoms with E-state index in [1.54, 1.807) is 0 Å². The number of halogens is 4. The molecule has 5 nitrogen and oxygen atoms in total. The molecule has 0 fully saturated rings. The van der Waals surface area contributed by atoms with Gasteiger partial charge in [0, 0.05) is 6.54 Å². The first-order chi connectivity index (χ1) is 10.7. The van der Waals surface area contributed by atoms with Crippen LogP contribution in [0, 0.1) is 15.9 Å². The van der Waals surface area contributed by atoms with Crippen LogP contribution in [0.15, 0.2) is 42.5 Å². The Morgan fingerprint density at radius 1 is 1.13 bits per heavy atom. The predicted octanol–water partition coefficient (Wildman–Crippen LogP) is 4.24. The number of nitro benzene ring substituents is 1. The lowest BCUT2D eigenvalue weighted by Crippen LogP contribution is -2.17. The SMILES string of the molecule is O=[N+]([O-])c1cc(F)ccc1NCc1ccc(OC(F)(F)F)cc1. The first-order valence-corrected chi connectivity index (χ1v) is 6.27. The van der Waals surface area contributed by atoms with Crippen LogP contribution >= 0.6 is 0 Å². The van der Waals surface area contributed by atoms with Crippen LogP contribution in [-0.2, 0) is 6.54 Å². The van der Waals surface area contributed by atoms with Crippen molar-refractivity contribution in [1.82, 2.24) is 0 Å². The maximum Gasteiger partial charge on any atom is 0.573 e. The zero-order chi connectivity index (χ0) is 17.0. The average Bonchev–Trinajstić information content (AvgIpc) is 2.45. The van der Waals surface area contributed by atoms with Crippen LogP contribution in [0.4, 0.5) is 28.9 Å². The Labute approximate surface area is 127 Å². The Morgan fingerprint density at radius 2 is 1.78 bits per heavy atom. The zero-order valence-corrected chi connectivity index (χ0v) is 11.4. The third-order valence-corrected chi connectivity index (χ3v) is 2.80. The van der Waals surface area contributed by atoms with E-state index in [4.69, 9.17) is 0 Å². The number of hydrogen-bond donors (Lipinski definition) is 1. The molecular weight excluding hydrogens is 320 g/mol. The fourth-order valence-electron chi connectivity index (χ4n) is 1.81. The van der Waals surface area contributed by atoms with Gasteiger partial charge in [0.2, 0.25) is 0 Å². The Kier molecular flexibility index (Phi) is 4.68. The number of hydrogen-bond acceptors (Lipinski definition) is 4. The monoisotopic (exact) mass is 330 g/mol. The van der Waals surface area contributed by atoms with Crippen LogP contribution in [0.3, 0.4) is 0 Å². The summed E-state index contributed by atoms with van der Waals surface area (Å²) in [5.41, 5.74) is 0.243. The summed E-state index contributed by atoms with van der Waals surface area (Å²) >= 11 is 0. The van der Waals surface area contributed by atoms with Crippen molar-refractivity contribution in [3.05, 3.63) is 64.0 Å². The summed E-state index contributed by atoms with van der Waals surface area (Å²) in [5.74, 6) is -1.11. The highest BCUT2D eigenvalue weighted by Crippen LogP contribution is 2.26. The molecule has 0 saturated heterocycles. The molecule has 0 saturated carbocycles. The molecule has 0 aliphatic rings. The molecule has 23 heavy (non-hydrogen) atoms.